The Morgan fingerprint density at radius 2 is 1.89 bits per heavy atom. The lowest BCUT2D eigenvalue weighted by Crippen LogP contribution is -1.99. The molecule has 0 aliphatic heterocycles. The largest absolute Gasteiger partial charge is 0.497 e. The molecule has 3 nitrogen and oxygen atoms in total. The number of anilines is 1. The molecule has 2 rings (SSSR count). The average Bonchev–Trinajstić information content (AvgIpc) is 2.38. The van der Waals surface area contributed by atoms with Gasteiger partial charge in [-0.1, -0.05) is 17.8 Å². The van der Waals surface area contributed by atoms with Gasteiger partial charge in [0.2, 0.25) is 0 Å². The number of ketones is 1. The van der Waals surface area contributed by atoms with Gasteiger partial charge in [0.05, 0.1) is 7.11 Å². The number of hydrogen-bond donors (Lipinski definition) is 1. The molecule has 0 fully saturated rings. The first kappa shape index (κ1) is 13.5. The highest BCUT2D eigenvalue weighted by Crippen LogP contribution is 2.31. The minimum absolute atomic E-state index is 0.0181. The van der Waals surface area contributed by atoms with Gasteiger partial charge in [-0.05, 0) is 43.3 Å². The third-order valence-electron chi connectivity index (χ3n) is 2.68. The number of nitrogens with two attached hydrogens (primary N) is 1. The summed E-state index contributed by atoms with van der Waals surface area (Å²) in [7, 11) is 1.64. The van der Waals surface area contributed by atoms with Crippen LogP contribution in [0.1, 0.15) is 17.3 Å². The molecule has 0 unspecified atom stereocenters. The Bertz CT molecular complexity index is 611. The molecule has 0 saturated carbocycles. The molecule has 2 aromatic carbocycles. The first-order valence-electron chi connectivity index (χ1n) is 5.82. The average molecular weight is 273 g/mol. The van der Waals surface area contributed by atoms with Crippen molar-refractivity contribution in [1.29, 1.82) is 0 Å². The second-order valence-electron chi connectivity index (χ2n) is 4.09. The Balaban J connectivity index is 2.23. The fourth-order valence-electron chi connectivity index (χ4n) is 1.73. The maximum atomic E-state index is 11.3. The van der Waals surface area contributed by atoms with E-state index in [0.29, 0.717) is 11.3 Å². The summed E-state index contributed by atoms with van der Waals surface area (Å²) in [4.78, 5) is 13.4. The molecular weight excluding hydrogens is 258 g/mol. The van der Waals surface area contributed by atoms with E-state index in [4.69, 9.17) is 10.5 Å². The molecule has 98 valence electrons. The van der Waals surface area contributed by atoms with Crippen LogP contribution in [0.5, 0.6) is 5.75 Å². The lowest BCUT2D eigenvalue weighted by atomic mass is 10.1. The smallest absolute Gasteiger partial charge is 0.161 e. The van der Waals surface area contributed by atoms with E-state index < -0.39 is 0 Å². The molecule has 0 bridgehead atoms. The van der Waals surface area contributed by atoms with Crippen molar-refractivity contribution < 1.29 is 9.53 Å². The summed E-state index contributed by atoms with van der Waals surface area (Å²) in [5, 5.41) is 0. The first-order valence-corrected chi connectivity index (χ1v) is 6.64. The zero-order valence-electron chi connectivity index (χ0n) is 10.8. The number of nitrogen functional groups attached to an aromatic ring is 1. The lowest BCUT2D eigenvalue weighted by molar-refractivity contribution is 0.101. The van der Waals surface area contributed by atoms with Gasteiger partial charge in [0.1, 0.15) is 5.75 Å². The number of methoxy groups -OCH3 is 1. The van der Waals surface area contributed by atoms with Crippen LogP contribution in [-0.4, -0.2) is 12.9 Å². The van der Waals surface area contributed by atoms with Crippen molar-refractivity contribution >= 4 is 23.2 Å². The standard InChI is InChI=1S/C15H15NO2S/c1-10(17)14-7-6-13(9-15(14)16)19-12-5-3-4-11(8-12)18-2/h3-9H,16H2,1-2H3. The van der Waals surface area contributed by atoms with Gasteiger partial charge in [0.15, 0.2) is 5.78 Å². The fraction of sp³-hybridized carbons (Fsp3) is 0.133. The molecule has 0 aliphatic rings. The monoisotopic (exact) mass is 273 g/mol. The van der Waals surface area contributed by atoms with E-state index in [9.17, 15) is 4.79 Å². The van der Waals surface area contributed by atoms with E-state index in [-0.39, 0.29) is 5.78 Å². The summed E-state index contributed by atoms with van der Waals surface area (Å²) in [5.41, 5.74) is 6.95. The van der Waals surface area contributed by atoms with E-state index in [1.807, 2.05) is 36.4 Å². The quantitative estimate of drug-likeness (QED) is 0.682. The molecule has 0 saturated heterocycles. The molecule has 0 heterocycles. The van der Waals surface area contributed by atoms with Crippen molar-refractivity contribution in [2.75, 3.05) is 12.8 Å². The number of Topliss-reactive ketones (excluding diaryl/α,β-unsaturated/α-hetero) is 1. The maximum absolute atomic E-state index is 11.3. The van der Waals surface area contributed by atoms with Crippen LogP contribution in [0.2, 0.25) is 0 Å². The highest BCUT2D eigenvalue weighted by atomic mass is 32.2. The molecule has 4 heteroatoms. The van der Waals surface area contributed by atoms with Gasteiger partial charge in [-0.2, -0.15) is 0 Å². The van der Waals surface area contributed by atoms with Gasteiger partial charge in [0.25, 0.3) is 0 Å². The minimum atomic E-state index is -0.0181. The first-order chi connectivity index (χ1) is 9.10. The summed E-state index contributed by atoms with van der Waals surface area (Å²) in [6, 6.07) is 13.3. The molecule has 2 N–H and O–H groups in total. The van der Waals surface area contributed by atoms with E-state index >= 15 is 0 Å². The topological polar surface area (TPSA) is 52.3 Å². The molecule has 19 heavy (non-hydrogen) atoms. The number of benzene rings is 2. The molecule has 0 spiro atoms. The van der Waals surface area contributed by atoms with Crippen LogP contribution in [0.3, 0.4) is 0 Å². The van der Waals surface area contributed by atoms with E-state index in [1.165, 1.54) is 6.92 Å². The third-order valence-corrected chi connectivity index (χ3v) is 3.66. The van der Waals surface area contributed by atoms with Crippen LogP contribution in [0.25, 0.3) is 0 Å². The van der Waals surface area contributed by atoms with Crippen molar-refractivity contribution in [2.24, 2.45) is 0 Å². The zero-order chi connectivity index (χ0) is 13.8. The van der Waals surface area contributed by atoms with Crippen LogP contribution in [-0.2, 0) is 0 Å². The minimum Gasteiger partial charge on any atom is -0.497 e. The molecule has 0 aliphatic carbocycles. The van der Waals surface area contributed by atoms with E-state index in [1.54, 1.807) is 24.9 Å². The van der Waals surface area contributed by atoms with Gasteiger partial charge >= 0.3 is 0 Å². The van der Waals surface area contributed by atoms with Crippen LogP contribution in [0, 0.1) is 0 Å². The second-order valence-corrected chi connectivity index (χ2v) is 5.23. The van der Waals surface area contributed by atoms with Gasteiger partial charge in [-0.25, -0.2) is 0 Å². The maximum Gasteiger partial charge on any atom is 0.161 e. The van der Waals surface area contributed by atoms with Crippen molar-refractivity contribution in [1.82, 2.24) is 0 Å². The van der Waals surface area contributed by atoms with Crippen LogP contribution in [0.15, 0.2) is 52.3 Å². The Labute approximate surface area is 116 Å². The van der Waals surface area contributed by atoms with Crippen molar-refractivity contribution in [3.05, 3.63) is 48.0 Å². The summed E-state index contributed by atoms with van der Waals surface area (Å²) >= 11 is 1.58. The summed E-state index contributed by atoms with van der Waals surface area (Å²) in [6.45, 7) is 1.51. The van der Waals surface area contributed by atoms with Gasteiger partial charge in [0, 0.05) is 21.0 Å². The normalized spacial score (nSPS) is 10.2. The van der Waals surface area contributed by atoms with Crippen molar-refractivity contribution in [3.63, 3.8) is 0 Å². The van der Waals surface area contributed by atoms with Crippen LogP contribution >= 0.6 is 11.8 Å². The summed E-state index contributed by atoms with van der Waals surface area (Å²) < 4.78 is 5.18. The third kappa shape index (κ3) is 3.29. The van der Waals surface area contributed by atoms with Crippen LogP contribution in [0.4, 0.5) is 5.69 Å². The molecule has 0 radical (unpaired) electrons. The van der Waals surface area contributed by atoms with E-state index in [2.05, 4.69) is 0 Å². The SMILES string of the molecule is COc1cccc(Sc2ccc(C(C)=O)c(N)c2)c1. The summed E-state index contributed by atoms with van der Waals surface area (Å²) in [5.74, 6) is 0.800. The lowest BCUT2D eigenvalue weighted by Gasteiger charge is -2.07. The van der Waals surface area contributed by atoms with E-state index in [0.717, 1.165) is 15.5 Å². The van der Waals surface area contributed by atoms with Gasteiger partial charge < -0.3 is 10.5 Å². The van der Waals surface area contributed by atoms with Crippen LogP contribution < -0.4 is 10.5 Å². The fourth-order valence-corrected chi connectivity index (χ4v) is 2.64. The number of ether oxygens (including phenoxy) is 1. The summed E-state index contributed by atoms with van der Waals surface area (Å²) in [6.07, 6.45) is 0. The van der Waals surface area contributed by atoms with Crippen molar-refractivity contribution in [2.45, 2.75) is 16.7 Å². The molecule has 0 aromatic heterocycles. The molecular formula is C15H15NO2S. The van der Waals surface area contributed by atoms with Gasteiger partial charge in [-0.3, -0.25) is 4.79 Å². The second kappa shape index (κ2) is 5.80. The number of rotatable bonds is 4. The molecule has 0 atom stereocenters. The predicted octanol–water partition coefficient (Wildman–Crippen LogP) is 3.63. The van der Waals surface area contributed by atoms with Crippen molar-refractivity contribution in [3.8, 4) is 5.75 Å². The Morgan fingerprint density at radius 1 is 1.16 bits per heavy atom. The molecule has 2 aromatic rings. The number of carbonyl (C=O) groups excluding carboxylic acids is 1. The predicted molar refractivity (Wildman–Crippen MR) is 78.0 cm³/mol. The Hall–Kier alpha value is -1.94. The zero-order valence-corrected chi connectivity index (χ0v) is 11.7. The van der Waals surface area contributed by atoms with Gasteiger partial charge in [-0.15, -0.1) is 0 Å². The molecule has 0 amide bonds. The Morgan fingerprint density at radius 3 is 2.53 bits per heavy atom. The highest BCUT2D eigenvalue weighted by molar-refractivity contribution is 7.99. The Kier molecular flexibility index (Phi) is 4.12. The highest BCUT2D eigenvalue weighted by Gasteiger charge is 2.06. The number of hydrogen-bond acceptors (Lipinski definition) is 4. The number of carbonyl (C=O) groups is 1.